The molecule has 1 aliphatic heterocycles. The molecule has 1 aromatic rings. The molecule has 3 rings (SSSR count). The number of halogens is 3. The number of carbonyl (C=O) groups excluding carboxylic acids is 3. The van der Waals surface area contributed by atoms with Crippen molar-refractivity contribution in [1.29, 1.82) is 0 Å². The van der Waals surface area contributed by atoms with Crippen LogP contribution in [0.4, 0.5) is 13.2 Å². The van der Waals surface area contributed by atoms with Gasteiger partial charge in [0.1, 0.15) is 6.04 Å². The number of hydrogen-bond acceptors (Lipinski definition) is 3. The predicted octanol–water partition coefficient (Wildman–Crippen LogP) is 2.93. The summed E-state index contributed by atoms with van der Waals surface area (Å²) in [5, 5.41) is 2.71. The summed E-state index contributed by atoms with van der Waals surface area (Å²) in [4.78, 5) is 41.4. The van der Waals surface area contributed by atoms with Gasteiger partial charge in [0.2, 0.25) is 11.8 Å². The molecule has 1 saturated carbocycles. The molecule has 1 heterocycles. The van der Waals surface area contributed by atoms with E-state index in [4.69, 9.17) is 0 Å². The summed E-state index contributed by atoms with van der Waals surface area (Å²) in [6, 6.07) is 3.14. The van der Waals surface area contributed by atoms with Crippen LogP contribution in [0.5, 0.6) is 0 Å². The van der Waals surface area contributed by atoms with Gasteiger partial charge in [0.15, 0.2) is 0 Å². The summed E-state index contributed by atoms with van der Waals surface area (Å²) in [5.74, 6) is -0.681. The van der Waals surface area contributed by atoms with E-state index in [0.29, 0.717) is 32.6 Å². The fourth-order valence-corrected chi connectivity index (χ4v) is 3.65. The molecule has 2 unspecified atom stereocenters. The van der Waals surface area contributed by atoms with Crippen LogP contribution in [-0.4, -0.2) is 59.7 Å². The predicted molar refractivity (Wildman–Crippen MR) is 108 cm³/mol. The molecule has 31 heavy (non-hydrogen) atoms. The molecule has 9 heteroatoms. The SMILES string of the molecule is CCC(C)C(NC(=O)c1ccc(C(F)(F)F)cc1)C(=O)N1CCN(C(=O)C2CC2)CC1. The first-order valence-electron chi connectivity index (χ1n) is 10.7. The van der Waals surface area contributed by atoms with Crippen LogP contribution in [0.15, 0.2) is 24.3 Å². The first kappa shape index (κ1) is 23.1. The third-order valence-electron chi connectivity index (χ3n) is 6.07. The number of benzene rings is 1. The average molecular weight is 439 g/mol. The molecule has 6 nitrogen and oxygen atoms in total. The Morgan fingerprint density at radius 3 is 2.06 bits per heavy atom. The number of nitrogens with one attached hydrogen (secondary N) is 1. The Labute approximate surface area is 179 Å². The van der Waals surface area contributed by atoms with Crippen LogP contribution in [0, 0.1) is 11.8 Å². The zero-order valence-electron chi connectivity index (χ0n) is 17.7. The van der Waals surface area contributed by atoms with Crippen LogP contribution in [0.3, 0.4) is 0 Å². The molecule has 170 valence electrons. The van der Waals surface area contributed by atoms with Crippen molar-refractivity contribution >= 4 is 17.7 Å². The van der Waals surface area contributed by atoms with Gasteiger partial charge in [-0.2, -0.15) is 13.2 Å². The van der Waals surface area contributed by atoms with Gasteiger partial charge in [-0.3, -0.25) is 14.4 Å². The normalized spacial score (nSPS) is 19.0. The molecule has 1 aromatic carbocycles. The van der Waals surface area contributed by atoms with E-state index < -0.39 is 23.7 Å². The Morgan fingerprint density at radius 2 is 1.58 bits per heavy atom. The Kier molecular flexibility index (Phi) is 6.91. The number of piperazine rings is 1. The van der Waals surface area contributed by atoms with Gasteiger partial charge in [0.25, 0.3) is 5.91 Å². The molecule has 3 amide bonds. The summed E-state index contributed by atoms with van der Waals surface area (Å²) < 4.78 is 38.2. The molecule has 0 aromatic heterocycles. The highest BCUT2D eigenvalue weighted by atomic mass is 19.4. The number of alkyl halides is 3. The second kappa shape index (κ2) is 9.28. The maximum absolute atomic E-state index is 13.1. The van der Waals surface area contributed by atoms with E-state index in [2.05, 4.69) is 5.32 Å². The van der Waals surface area contributed by atoms with Crippen LogP contribution in [0.25, 0.3) is 0 Å². The van der Waals surface area contributed by atoms with Crippen LogP contribution in [0.1, 0.15) is 49.0 Å². The summed E-state index contributed by atoms with van der Waals surface area (Å²) in [5.41, 5.74) is -0.772. The lowest BCUT2D eigenvalue weighted by Gasteiger charge is -2.37. The van der Waals surface area contributed by atoms with Crippen molar-refractivity contribution in [3.05, 3.63) is 35.4 Å². The minimum atomic E-state index is -4.48. The largest absolute Gasteiger partial charge is 0.416 e. The number of rotatable bonds is 6. The molecule has 0 bridgehead atoms. The zero-order chi connectivity index (χ0) is 22.8. The highest BCUT2D eigenvalue weighted by molar-refractivity contribution is 5.97. The van der Waals surface area contributed by atoms with Crippen LogP contribution < -0.4 is 5.32 Å². The van der Waals surface area contributed by atoms with Gasteiger partial charge in [0, 0.05) is 37.7 Å². The van der Waals surface area contributed by atoms with Gasteiger partial charge in [-0.25, -0.2) is 0 Å². The third-order valence-corrected chi connectivity index (χ3v) is 6.07. The van der Waals surface area contributed by atoms with E-state index in [-0.39, 0.29) is 29.2 Å². The second-order valence-corrected chi connectivity index (χ2v) is 8.34. The van der Waals surface area contributed by atoms with Gasteiger partial charge < -0.3 is 15.1 Å². The molecule has 1 N–H and O–H groups in total. The number of carbonyl (C=O) groups is 3. The average Bonchev–Trinajstić information content (AvgIpc) is 3.61. The summed E-state index contributed by atoms with van der Waals surface area (Å²) in [6.45, 7) is 5.51. The molecule has 1 saturated heterocycles. The molecule has 1 aliphatic carbocycles. The van der Waals surface area contributed by atoms with E-state index in [0.717, 1.165) is 37.1 Å². The lowest BCUT2D eigenvalue weighted by molar-refractivity contribution is -0.142. The molecular weight excluding hydrogens is 411 g/mol. The maximum Gasteiger partial charge on any atom is 0.416 e. The summed E-state index contributed by atoms with van der Waals surface area (Å²) in [6.07, 6.45) is -1.97. The highest BCUT2D eigenvalue weighted by Gasteiger charge is 2.37. The number of amides is 3. The van der Waals surface area contributed by atoms with Crippen molar-refractivity contribution in [2.75, 3.05) is 26.2 Å². The van der Waals surface area contributed by atoms with Crippen molar-refractivity contribution in [3.8, 4) is 0 Å². The zero-order valence-corrected chi connectivity index (χ0v) is 17.7. The van der Waals surface area contributed by atoms with Crippen molar-refractivity contribution in [2.45, 2.75) is 45.3 Å². The standard InChI is InChI=1S/C22H28F3N3O3/c1-3-14(2)18(26-19(29)15-6-8-17(9-7-15)22(23,24)25)21(31)28-12-10-27(11-13-28)20(30)16-4-5-16/h6-9,14,16,18H,3-5,10-13H2,1-2H3,(H,26,29). The number of nitrogens with zero attached hydrogens (tertiary/aromatic N) is 2. The molecule has 2 atom stereocenters. The third kappa shape index (κ3) is 5.57. The van der Waals surface area contributed by atoms with Crippen LogP contribution >= 0.6 is 0 Å². The van der Waals surface area contributed by atoms with Crippen LogP contribution in [-0.2, 0) is 15.8 Å². The molecule has 2 fully saturated rings. The Bertz CT molecular complexity index is 814. The first-order chi connectivity index (χ1) is 14.6. The van der Waals surface area contributed by atoms with Crippen molar-refractivity contribution in [3.63, 3.8) is 0 Å². The minimum absolute atomic E-state index is 0.0638. The summed E-state index contributed by atoms with van der Waals surface area (Å²) >= 11 is 0. The molecule has 0 radical (unpaired) electrons. The van der Waals surface area contributed by atoms with Gasteiger partial charge >= 0.3 is 6.18 Å². The lowest BCUT2D eigenvalue weighted by Crippen LogP contribution is -2.57. The minimum Gasteiger partial charge on any atom is -0.340 e. The van der Waals surface area contributed by atoms with Crippen LogP contribution in [0.2, 0.25) is 0 Å². The molecule has 0 spiro atoms. The summed E-state index contributed by atoms with van der Waals surface area (Å²) in [7, 11) is 0. The monoisotopic (exact) mass is 439 g/mol. The Morgan fingerprint density at radius 1 is 1.03 bits per heavy atom. The quantitative estimate of drug-likeness (QED) is 0.741. The molecule has 2 aliphatic rings. The van der Waals surface area contributed by atoms with Gasteiger partial charge in [0.05, 0.1) is 5.56 Å². The van der Waals surface area contributed by atoms with Crippen molar-refractivity contribution in [1.82, 2.24) is 15.1 Å². The van der Waals surface area contributed by atoms with E-state index in [1.165, 1.54) is 0 Å². The smallest absolute Gasteiger partial charge is 0.340 e. The maximum atomic E-state index is 13.1. The Balaban J connectivity index is 1.63. The van der Waals surface area contributed by atoms with Gasteiger partial charge in [-0.1, -0.05) is 20.3 Å². The second-order valence-electron chi connectivity index (χ2n) is 8.34. The van der Waals surface area contributed by atoms with E-state index >= 15 is 0 Å². The fourth-order valence-electron chi connectivity index (χ4n) is 3.65. The fraction of sp³-hybridized carbons (Fsp3) is 0.591. The first-order valence-corrected chi connectivity index (χ1v) is 10.7. The highest BCUT2D eigenvalue weighted by Crippen LogP contribution is 2.31. The van der Waals surface area contributed by atoms with Gasteiger partial charge in [-0.05, 0) is 43.0 Å². The number of hydrogen-bond donors (Lipinski definition) is 1. The molecular formula is C22H28F3N3O3. The lowest BCUT2D eigenvalue weighted by atomic mass is 9.97. The van der Waals surface area contributed by atoms with E-state index in [1.807, 2.05) is 13.8 Å². The van der Waals surface area contributed by atoms with Crippen molar-refractivity contribution in [2.24, 2.45) is 11.8 Å². The van der Waals surface area contributed by atoms with Gasteiger partial charge in [-0.15, -0.1) is 0 Å². The Hall–Kier alpha value is -2.58. The van der Waals surface area contributed by atoms with E-state index in [9.17, 15) is 27.6 Å². The topological polar surface area (TPSA) is 69.7 Å². The van der Waals surface area contributed by atoms with E-state index in [1.54, 1.807) is 9.80 Å². The van der Waals surface area contributed by atoms with Crippen molar-refractivity contribution < 1.29 is 27.6 Å².